The molecule has 1 heterocycles. The van der Waals surface area contributed by atoms with Crippen molar-refractivity contribution < 1.29 is 0 Å². The van der Waals surface area contributed by atoms with E-state index < -0.39 is 0 Å². The standard InChI is InChI=1S/C11H21N3S/c1-9-8-15-10(14-9)4-6-13-7-5-11(2,3)12/h8,13H,4-7,12H2,1-3H3. The van der Waals surface area contributed by atoms with Crippen LogP contribution in [0.3, 0.4) is 0 Å². The number of aromatic nitrogens is 1. The van der Waals surface area contributed by atoms with Gasteiger partial charge in [0.25, 0.3) is 0 Å². The quantitative estimate of drug-likeness (QED) is 0.727. The first kappa shape index (κ1) is 12.6. The number of rotatable bonds is 6. The number of nitrogens with one attached hydrogen (secondary N) is 1. The van der Waals surface area contributed by atoms with Crippen LogP contribution in [-0.4, -0.2) is 23.6 Å². The average Bonchev–Trinajstić information content (AvgIpc) is 2.49. The van der Waals surface area contributed by atoms with Crippen molar-refractivity contribution in [3.63, 3.8) is 0 Å². The summed E-state index contributed by atoms with van der Waals surface area (Å²) in [6.45, 7) is 8.11. The van der Waals surface area contributed by atoms with Gasteiger partial charge in [-0.1, -0.05) is 0 Å². The molecule has 1 aromatic rings. The minimum Gasteiger partial charge on any atom is -0.326 e. The molecule has 1 rings (SSSR count). The van der Waals surface area contributed by atoms with Crippen molar-refractivity contribution >= 4 is 11.3 Å². The van der Waals surface area contributed by atoms with Gasteiger partial charge in [0.2, 0.25) is 0 Å². The van der Waals surface area contributed by atoms with Crippen molar-refractivity contribution in [1.29, 1.82) is 0 Å². The fraction of sp³-hybridized carbons (Fsp3) is 0.727. The monoisotopic (exact) mass is 227 g/mol. The lowest BCUT2D eigenvalue weighted by Gasteiger charge is -2.18. The van der Waals surface area contributed by atoms with Crippen molar-refractivity contribution in [2.24, 2.45) is 5.73 Å². The first-order valence-corrected chi connectivity index (χ1v) is 6.26. The van der Waals surface area contributed by atoms with Gasteiger partial charge in [-0.2, -0.15) is 0 Å². The molecule has 0 aliphatic carbocycles. The number of hydrogen-bond donors (Lipinski definition) is 2. The molecule has 3 N–H and O–H groups in total. The van der Waals surface area contributed by atoms with Crippen molar-refractivity contribution in [2.45, 2.75) is 39.2 Å². The number of hydrogen-bond acceptors (Lipinski definition) is 4. The highest BCUT2D eigenvalue weighted by molar-refractivity contribution is 7.09. The molecule has 0 unspecified atom stereocenters. The highest BCUT2D eigenvalue weighted by Crippen LogP contribution is 2.08. The maximum absolute atomic E-state index is 5.88. The van der Waals surface area contributed by atoms with Crippen LogP contribution < -0.4 is 11.1 Å². The molecule has 0 aliphatic heterocycles. The number of nitrogens with two attached hydrogens (primary N) is 1. The minimum atomic E-state index is -0.0647. The predicted octanol–water partition coefficient (Wildman–Crippen LogP) is 1.71. The van der Waals surface area contributed by atoms with Crippen LogP contribution in [0, 0.1) is 6.92 Å². The third kappa shape index (κ3) is 5.87. The van der Waals surface area contributed by atoms with Gasteiger partial charge in [0, 0.05) is 29.6 Å². The van der Waals surface area contributed by atoms with Crippen molar-refractivity contribution in [3.05, 3.63) is 16.1 Å². The Balaban J connectivity index is 2.07. The van der Waals surface area contributed by atoms with E-state index in [1.54, 1.807) is 11.3 Å². The van der Waals surface area contributed by atoms with E-state index in [1.807, 2.05) is 6.92 Å². The molecule has 0 fully saturated rings. The van der Waals surface area contributed by atoms with Gasteiger partial charge in [0.1, 0.15) is 0 Å². The highest BCUT2D eigenvalue weighted by Gasteiger charge is 2.08. The van der Waals surface area contributed by atoms with Crippen molar-refractivity contribution in [3.8, 4) is 0 Å². The molecule has 0 bridgehead atoms. The van der Waals surface area contributed by atoms with E-state index in [0.717, 1.165) is 31.6 Å². The lowest BCUT2D eigenvalue weighted by Crippen LogP contribution is -2.36. The summed E-state index contributed by atoms with van der Waals surface area (Å²) in [6.07, 6.45) is 2.02. The molecule has 3 nitrogen and oxygen atoms in total. The van der Waals surface area contributed by atoms with E-state index in [0.29, 0.717) is 0 Å². The lowest BCUT2D eigenvalue weighted by atomic mass is 10.0. The molecule has 86 valence electrons. The SMILES string of the molecule is Cc1csc(CCNCCC(C)(C)N)n1. The summed E-state index contributed by atoms with van der Waals surface area (Å²) in [7, 11) is 0. The van der Waals surface area contributed by atoms with E-state index in [2.05, 4.69) is 29.5 Å². The summed E-state index contributed by atoms with van der Waals surface area (Å²) >= 11 is 1.74. The van der Waals surface area contributed by atoms with Crippen LogP contribution in [0.1, 0.15) is 31.0 Å². The van der Waals surface area contributed by atoms with E-state index >= 15 is 0 Å². The third-order valence-electron chi connectivity index (χ3n) is 2.13. The molecule has 0 saturated carbocycles. The maximum atomic E-state index is 5.88. The summed E-state index contributed by atoms with van der Waals surface area (Å²) in [6, 6.07) is 0. The number of aryl methyl sites for hydroxylation is 1. The second kappa shape index (κ2) is 5.58. The van der Waals surface area contributed by atoms with E-state index in [1.165, 1.54) is 5.01 Å². The second-order valence-electron chi connectivity index (χ2n) is 4.62. The van der Waals surface area contributed by atoms with E-state index in [4.69, 9.17) is 5.73 Å². The minimum absolute atomic E-state index is 0.0647. The number of thiazole rings is 1. The summed E-state index contributed by atoms with van der Waals surface area (Å²) in [5, 5.41) is 6.70. The van der Waals surface area contributed by atoms with Crippen LogP contribution in [0.5, 0.6) is 0 Å². The van der Waals surface area contributed by atoms with Gasteiger partial charge < -0.3 is 11.1 Å². The van der Waals surface area contributed by atoms with Gasteiger partial charge in [-0.05, 0) is 33.7 Å². The van der Waals surface area contributed by atoms with Gasteiger partial charge in [0.15, 0.2) is 0 Å². The van der Waals surface area contributed by atoms with Crippen LogP contribution in [0.15, 0.2) is 5.38 Å². The molecule has 15 heavy (non-hydrogen) atoms. The molecule has 0 amide bonds. The average molecular weight is 227 g/mol. The Morgan fingerprint density at radius 2 is 2.20 bits per heavy atom. The summed E-state index contributed by atoms with van der Waals surface area (Å²) < 4.78 is 0. The zero-order chi connectivity index (χ0) is 11.3. The van der Waals surface area contributed by atoms with Crippen LogP contribution in [0.2, 0.25) is 0 Å². The highest BCUT2D eigenvalue weighted by atomic mass is 32.1. The zero-order valence-corrected chi connectivity index (χ0v) is 10.7. The third-order valence-corrected chi connectivity index (χ3v) is 3.15. The Labute approximate surface area is 96.1 Å². The van der Waals surface area contributed by atoms with Gasteiger partial charge in [-0.25, -0.2) is 4.98 Å². The molecular formula is C11H21N3S. The van der Waals surface area contributed by atoms with E-state index in [9.17, 15) is 0 Å². The van der Waals surface area contributed by atoms with Crippen molar-refractivity contribution in [1.82, 2.24) is 10.3 Å². The Hall–Kier alpha value is -0.450. The molecule has 4 heteroatoms. The second-order valence-corrected chi connectivity index (χ2v) is 5.56. The Kier molecular flexibility index (Phi) is 4.70. The van der Waals surface area contributed by atoms with E-state index in [-0.39, 0.29) is 5.54 Å². The first-order chi connectivity index (χ1) is 6.97. The normalized spacial score (nSPS) is 12.0. The van der Waals surface area contributed by atoms with Gasteiger partial charge in [-0.15, -0.1) is 11.3 Å². The fourth-order valence-corrected chi connectivity index (χ4v) is 2.02. The Morgan fingerprint density at radius 3 is 2.73 bits per heavy atom. The molecule has 0 aliphatic rings. The van der Waals surface area contributed by atoms with Crippen LogP contribution in [0.4, 0.5) is 0 Å². The molecule has 0 aromatic carbocycles. The molecular weight excluding hydrogens is 206 g/mol. The molecule has 0 radical (unpaired) electrons. The maximum Gasteiger partial charge on any atom is 0.0940 e. The van der Waals surface area contributed by atoms with Crippen LogP contribution in [0.25, 0.3) is 0 Å². The summed E-state index contributed by atoms with van der Waals surface area (Å²) in [5.41, 5.74) is 6.94. The fourth-order valence-electron chi connectivity index (χ4n) is 1.25. The molecule has 1 aromatic heterocycles. The van der Waals surface area contributed by atoms with Crippen molar-refractivity contribution in [2.75, 3.05) is 13.1 Å². The molecule has 0 saturated heterocycles. The molecule has 0 atom stereocenters. The first-order valence-electron chi connectivity index (χ1n) is 5.38. The number of nitrogens with zero attached hydrogens (tertiary/aromatic N) is 1. The lowest BCUT2D eigenvalue weighted by molar-refractivity contribution is 0.456. The predicted molar refractivity (Wildman–Crippen MR) is 66.3 cm³/mol. The summed E-state index contributed by atoms with van der Waals surface area (Å²) in [4.78, 5) is 4.41. The Morgan fingerprint density at radius 1 is 1.47 bits per heavy atom. The Bertz CT molecular complexity index is 288. The molecule has 0 spiro atoms. The van der Waals surface area contributed by atoms with Gasteiger partial charge in [0.05, 0.1) is 5.01 Å². The van der Waals surface area contributed by atoms with Crippen LogP contribution in [-0.2, 0) is 6.42 Å². The summed E-state index contributed by atoms with van der Waals surface area (Å²) in [5.74, 6) is 0. The smallest absolute Gasteiger partial charge is 0.0940 e. The van der Waals surface area contributed by atoms with Gasteiger partial charge in [-0.3, -0.25) is 0 Å². The topological polar surface area (TPSA) is 50.9 Å². The largest absolute Gasteiger partial charge is 0.326 e. The van der Waals surface area contributed by atoms with Gasteiger partial charge >= 0.3 is 0 Å². The zero-order valence-electron chi connectivity index (χ0n) is 9.84. The van der Waals surface area contributed by atoms with Crippen LogP contribution >= 0.6 is 11.3 Å².